The third-order valence-corrected chi connectivity index (χ3v) is 8.07. The molecule has 0 radical (unpaired) electrons. The van der Waals surface area contributed by atoms with Gasteiger partial charge in [0.25, 0.3) is 0 Å². The molecule has 2 N–H and O–H groups in total. The van der Waals surface area contributed by atoms with Gasteiger partial charge in [-0.05, 0) is 91.7 Å². The van der Waals surface area contributed by atoms with Crippen molar-refractivity contribution in [1.82, 2.24) is 0 Å². The summed E-state index contributed by atoms with van der Waals surface area (Å²) in [5.41, 5.74) is 8.29. The first-order valence-corrected chi connectivity index (χ1v) is 13.2. The van der Waals surface area contributed by atoms with Crippen LogP contribution in [0.2, 0.25) is 0 Å². The molecule has 0 saturated carbocycles. The highest BCUT2D eigenvalue weighted by Gasteiger charge is 2.50. The molecule has 2 atom stereocenters. The molecule has 2 aliphatic carbocycles. The summed E-state index contributed by atoms with van der Waals surface area (Å²) in [7, 11) is 0. The first-order chi connectivity index (χ1) is 17.1. The maximum absolute atomic E-state index is 9.88. The van der Waals surface area contributed by atoms with Crippen molar-refractivity contribution in [3.8, 4) is 0 Å². The third kappa shape index (κ3) is 5.01. The minimum atomic E-state index is -0.0385. The van der Waals surface area contributed by atoms with Crippen LogP contribution in [0, 0.1) is 0 Å². The summed E-state index contributed by atoms with van der Waals surface area (Å²) in [6.07, 6.45) is 18.2. The number of fused-ring (bicyclic) bond motifs is 2. The van der Waals surface area contributed by atoms with Crippen LogP contribution in [0.3, 0.4) is 0 Å². The standard InChI is InChI=1S/C33H40O2/c1-3-5-13-26-23-32(19-11-21-34,30-17-9-7-15-28(26)30)25-33(20-12-22-35)24-27(14-6-4-2)29-16-8-10-18-31(29)33/h3-4,6-10,13-18,34-35H,1,5,11-12,19-25H2,2H3/b6-4-,26-13+,27-14+/t32?,33-/m0/s1. The van der Waals surface area contributed by atoms with Crippen molar-refractivity contribution in [2.45, 2.75) is 69.1 Å². The van der Waals surface area contributed by atoms with Crippen molar-refractivity contribution >= 4 is 11.1 Å². The third-order valence-electron chi connectivity index (χ3n) is 8.07. The van der Waals surface area contributed by atoms with E-state index in [0.717, 1.165) is 51.4 Å². The summed E-state index contributed by atoms with van der Waals surface area (Å²) in [6, 6.07) is 17.8. The summed E-state index contributed by atoms with van der Waals surface area (Å²) < 4.78 is 0. The quantitative estimate of drug-likeness (QED) is 0.335. The zero-order valence-electron chi connectivity index (χ0n) is 21.2. The predicted octanol–water partition coefficient (Wildman–Crippen LogP) is 7.52. The molecule has 2 heteroatoms. The van der Waals surface area contributed by atoms with E-state index in [1.807, 2.05) is 6.08 Å². The number of hydrogen-bond donors (Lipinski definition) is 2. The van der Waals surface area contributed by atoms with Crippen LogP contribution in [0.1, 0.15) is 80.5 Å². The van der Waals surface area contributed by atoms with Crippen LogP contribution in [0.25, 0.3) is 11.1 Å². The molecular formula is C33H40O2. The minimum Gasteiger partial charge on any atom is -0.396 e. The first-order valence-electron chi connectivity index (χ1n) is 13.2. The van der Waals surface area contributed by atoms with Gasteiger partial charge in [-0.2, -0.15) is 0 Å². The zero-order valence-corrected chi connectivity index (χ0v) is 21.2. The Labute approximate surface area is 211 Å². The fourth-order valence-corrected chi connectivity index (χ4v) is 6.75. The largest absolute Gasteiger partial charge is 0.396 e. The molecular weight excluding hydrogens is 428 g/mol. The molecule has 184 valence electrons. The fourth-order valence-electron chi connectivity index (χ4n) is 6.75. The van der Waals surface area contributed by atoms with E-state index in [1.165, 1.54) is 33.4 Å². The second kappa shape index (κ2) is 11.4. The van der Waals surface area contributed by atoms with Crippen LogP contribution in [0.4, 0.5) is 0 Å². The van der Waals surface area contributed by atoms with Crippen molar-refractivity contribution < 1.29 is 10.2 Å². The van der Waals surface area contributed by atoms with Crippen LogP contribution in [-0.4, -0.2) is 23.4 Å². The topological polar surface area (TPSA) is 40.5 Å². The van der Waals surface area contributed by atoms with Crippen molar-refractivity contribution in [1.29, 1.82) is 0 Å². The SMILES string of the molecule is C=CC/C=C1\CC(CCCO)(C[C@]2(CCCO)C/C(=C\C=C/C)c3ccccc32)c2ccccc21. The molecule has 2 aliphatic rings. The molecule has 0 aliphatic heterocycles. The Hall–Kier alpha value is -2.68. The van der Waals surface area contributed by atoms with E-state index in [-0.39, 0.29) is 24.0 Å². The normalized spacial score (nSPS) is 25.5. The van der Waals surface area contributed by atoms with Gasteiger partial charge in [0, 0.05) is 24.0 Å². The molecule has 35 heavy (non-hydrogen) atoms. The van der Waals surface area contributed by atoms with Gasteiger partial charge in [0.2, 0.25) is 0 Å². The van der Waals surface area contributed by atoms with Crippen LogP contribution in [0.5, 0.6) is 0 Å². The molecule has 2 aromatic carbocycles. The summed E-state index contributed by atoms with van der Waals surface area (Å²) in [5.74, 6) is 0. The van der Waals surface area contributed by atoms with Crippen LogP contribution in [-0.2, 0) is 10.8 Å². The highest BCUT2D eigenvalue weighted by molar-refractivity contribution is 5.79. The molecule has 0 aromatic heterocycles. The van der Waals surface area contributed by atoms with Gasteiger partial charge < -0.3 is 10.2 Å². The molecule has 0 heterocycles. The Kier molecular flexibility index (Phi) is 8.26. The lowest BCUT2D eigenvalue weighted by molar-refractivity contribution is 0.207. The lowest BCUT2D eigenvalue weighted by Gasteiger charge is -2.41. The summed E-state index contributed by atoms with van der Waals surface area (Å²) in [5, 5.41) is 19.8. The second-order valence-electron chi connectivity index (χ2n) is 10.3. The van der Waals surface area contributed by atoms with Gasteiger partial charge >= 0.3 is 0 Å². The maximum atomic E-state index is 9.88. The van der Waals surface area contributed by atoms with Crippen molar-refractivity contribution in [2.75, 3.05) is 13.2 Å². The Balaban J connectivity index is 1.86. The number of aliphatic hydroxyl groups excluding tert-OH is 2. The fraction of sp³-hybridized carbons (Fsp3) is 0.394. The average Bonchev–Trinajstić information content (AvgIpc) is 3.37. The van der Waals surface area contributed by atoms with E-state index in [9.17, 15) is 10.2 Å². The average molecular weight is 469 g/mol. The number of hydrogen-bond acceptors (Lipinski definition) is 2. The lowest BCUT2D eigenvalue weighted by atomic mass is 9.62. The van der Waals surface area contributed by atoms with E-state index < -0.39 is 0 Å². The maximum Gasteiger partial charge on any atom is 0.0431 e. The molecule has 0 saturated heterocycles. The van der Waals surface area contributed by atoms with Gasteiger partial charge in [-0.1, -0.05) is 78.9 Å². The van der Waals surface area contributed by atoms with Crippen LogP contribution < -0.4 is 0 Å². The molecule has 0 amide bonds. The van der Waals surface area contributed by atoms with Gasteiger partial charge in [-0.3, -0.25) is 0 Å². The highest BCUT2D eigenvalue weighted by Crippen LogP contribution is 2.59. The van der Waals surface area contributed by atoms with Crippen LogP contribution in [0.15, 0.2) is 85.5 Å². The second-order valence-corrected chi connectivity index (χ2v) is 10.3. The van der Waals surface area contributed by atoms with Gasteiger partial charge in [-0.15, -0.1) is 6.58 Å². The smallest absolute Gasteiger partial charge is 0.0431 e. The van der Waals surface area contributed by atoms with Gasteiger partial charge in [0.05, 0.1) is 0 Å². The Morgan fingerprint density at radius 2 is 1.37 bits per heavy atom. The van der Waals surface area contributed by atoms with Crippen LogP contribution >= 0.6 is 0 Å². The van der Waals surface area contributed by atoms with Gasteiger partial charge in [-0.25, -0.2) is 0 Å². The van der Waals surface area contributed by atoms with E-state index in [4.69, 9.17) is 0 Å². The molecule has 0 fully saturated rings. The van der Waals surface area contributed by atoms with Gasteiger partial charge in [0.1, 0.15) is 0 Å². The number of benzene rings is 2. The Bertz CT molecular complexity index is 1120. The molecule has 4 rings (SSSR count). The summed E-state index contributed by atoms with van der Waals surface area (Å²) in [6.45, 7) is 6.42. The van der Waals surface area contributed by atoms with E-state index in [2.05, 4.69) is 86.3 Å². The molecule has 1 unspecified atom stereocenters. The summed E-state index contributed by atoms with van der Waals surface area (Å²) in [4.78, 5) is 0. The zero-order chi connectivity index (χ0) is 24.7. The number of aliphatic hydroxyl groups is 2. The molecule has 0 spiro atoms. The van der Waals surface area contributed by atoms with Crippen molar-refractivity contribution in [3.63, 3.8) is 0 Å². The predicted molar refractivity (Wildman–Crippen MR) is 148 cm³/mol. The summed E-state index contributed by atoms with van der Waals surface area (Å²) >= 11 is 0. The minimum absolute atomic E-state index is 0.0368. The van der Waals surface area contributed by atoms with Gasteiger partial charge in [0.15, 0.2) is 0 Å². The highest BCUT2D eigenvalue weighted by atomic mass is 16.3. The Morgan fingerprint density at radius 3 is 1.91 bits per heavy atom. The molecule has 0 bridgehead atoms. The monoisotopic (exact) mass is 468 g/mol. The Morgan fingerprint density at radius 1 is 0.829 bits per heavy atom. The molecule has 2 nitrogen and oxygen atoms in total. The number of rotatable bonds is 11. The van der Waals surface area contributed by atoms with Crippen molar-refractivity contribution in [2.24, 2.45) is 0 Å². The molecule has 2 aromatic rings. The van der Waals surface area contributed by atoms with Crippen molar-refractivity contribution in [3.05, 3.63) is 108 Å². The first kappa shape index (κ1) is 25.4. The lowest BCUT2D eigenvalue weighted by Crippen LogP contribution is -2.36. The van der Waals surface area contributed by atoms with E-state index in [1.54, 1.807) is 0 Å². The van der Waals surface area contributed by atoms with E-state index >= 15 is 0 Å². The van der Waals surface area contributed by atoms with E-state index in [0.29, 0.717) is 0 Å². The number of allylic oxidation sites excluding steroid dienone is 7.